The summed E-state index contributed by atoms with van der Waals surface area (Å²) in [6, 6.07) is 0. The molecule has 2 nitrogen and oxygen atoms in total. The molecule has 1 atom stereocenters. The SMILES string of the molecule is C#CCCCC1(CC)CCCNC1=O. The zero-order valence-corrected chi connectivity index (χ0v) is 8.94. The van der Waals surface area contributed by atoms with Gasteiger partial charge in [0.05, 0.1) is 0 Å². The van der Waals surface area contributed by atoms with Crippen LogP contribution in [0.3, 0.4) is 0 Å². The van der Waals surface area contributed by atoms with Gasteiger partial charge in [-0.15, -0.1) is 12.3 Å². The van der Waals surface area contributed by atoms with Gasteiger partial charge in [-0.05, 0) is 32.1 Å². The smallest absolute Gasteiger partial charge is 0.226 e. The van der Waals surface area contributed by atoms with Crippen molar-refractivity contribution in [3.8, 4) is 12.3 Å². The number of carbonyl (C=O) groups excluding carboxylic acids is 1. The maximum atomic E-state index is 11.8. The van der Waals surface area contributed by atoms with E-state index < -0.39 is 0 Å². The van der Waals surface area contributed by atoms with Gasteiger partial charge in [-0.25, -0.2) is 0 Å². The molecule has 78 valence electrons. The first-order valence-corrected chi connectivity index (χ1v) is 5.47. The van der Waals surface area contributed by atoms with Gasteiger partial charge in [-0.2, -0.15) is 0 Å². The van der Waals surface area contributed by atoms with Crippen molar-refractivity contribution in [3.63, 3.8) is 0 Å². The molecule has 1 rings (SSSR count). The number of rotatable bonds is 4. The highest BCUT2D eigenvalue weighted by atomic mass is 16.2. The van der Waals surface area contributed by atoms with Crippen LogP contribution in [0.5, 0.6) is 0 Å². The van der Waals surface area contributed by atoms with Crippen molar-refractivity contribution in [2.75, 3.05) is 6.54 Å². The summed E-state index contributed by atoms with van der Waals surface area (Å²) in [5.41, 5.74) is -0.116. The lowest BCUT2D eigenvalue weighted by atomic mass is 9.74. The van der Waals surface area contributed by atoms with Crippen molar-refractivity contribution in [2.24, 2.45) is 5.41 Å². The zero-order valence-electron chi connectivity index (χ0n) is 8.94. The Labute approximate surface area is 86.5 Å². The monoisotopic (exact) mass is 193 g/mol. The van der Waals surface area contributed by atoms with E-state index >= 15 is 0 Å². The Morgan fingerprint density at radius 1 is 1.64 bits per heavy atom. The summed E-state index contributed by atoms with van der Waals surface area (Å²) >= 11 is 0. The van der Waals surface area contributed by atoms with E-state index in [-0.39, 0.29) is 11.3 Å². The van der Waals surface area contributed by atoms with E-state index in [2.05, 4.69) is 18.2 Å². The first-order valence-electron chi connectivity index (χ1n) is 5.47. The van der Waals surface area contributed by atoms with Crippen LogP contribution in [0.2, 0.25) is 0 Å². The molecule has 1 aliphatic heterocycles. The maximum absolute atomic E-state index is 11.8. The molecular formula is C12H19NO. The van der Waals surface area contributed by atoms with E-state index in [1.807, 2.05) is 0 Å². The lowest BCUT2D eigenvalue weighted by molar-refractivity contribution is -0.134. The van der Waals surface area contributed by atoms with E-state index in [1.54, 1.807) is 0 Å². The largest absolute Gasteiger partial charge is 0.356 e. The normalized spacial score (nSPS) is 26.7. The van der Waals surface area contributed by atoms with Crippen LogP contribution < -0.4 is 5.32 Å². The summed E-state index contributed by atoms with van der Waals surface area (Å²) in [5, 5.41) is 2.96. The number of carbonyl (C=O) groups is 1. The van der Waals surface area contributed by atoms with E-state index in [9.17, 15) is 4.79 Å². The van der Waals surface area contributed by atoms with E-state index in [0.29, 0.717) is 0 Å². The summed E-state index contributed by atoms with van der Waals surface area (Å²) in [5.74, 6) is 2.87. The first kappa shape index (κ1) is 11.1. The molecule has 0 aromatic heterocycles. The third-order valence-electron chi connectivity index (χ3n) is 3.25. The molecule has 14 heavy (non-hydrogen) atoms. The van der Waals surface area contributed by atoms with Crippen LogP contribution in [0.25, 0.3) is 0 Å². The fourth-order valence-electron chi connectivity index (χ4n) is 2.21. The van der Waals surface area contributed by atoms with E-state index in [4.69, 9.17) is 6.42 Å². The Morgan fingerprint density at radius 3 is 3.00 bits per heavy atom. The van der Waals surface area contributed by atoms with Gasteiger partial charge in [0.2, 0.25) is 5.91 Å². The number of terminal acetylenes is 1. The number of hydrogen-bond acceptors (Lipinski definition) is 1. The van der Waals surface area contributed by atoms with Gasteiger partial charge in [0.1, 0.15) is 0 Å². The highest BCUT2D eigenvalue weighted by Gasteiger charge is 2.37. The molecule has 1 fully saturated rings. The minimum atomic E-state index is -0.116. The van der Waals surface area contributed by atoms with Crippen LogP contribution in [0.1, 0.15) is 45.4 Å². The zero-order chi connectivity index (χ0) is 10.4. The third kappa shape index (κ3) is 2.29. The van der Waals surface area contributed by atoms with Crippen molar-refractivity contribution in [3.05, 3.63) is 0 Å². The molecule has 0 aromatic rings. The van der Waals surface area contributed by atoms with Gasteiger partial charge in [0.25, 0.3) is 0 Å². The highest BCUT2D eigenvalue weighted by Crippen LogP contribution is 2.36. The lowest BCUT2D eigenvalue weighted by Crippen LogP contribution is -2.45. The molecule has 1 N–H and O–H groups in total. The molecule has 0 aromatic carbocycles. The molecule has 1 heterocycles. The lowest BCUT2D eigenvalue weighted by Gasteiger charge is -2.35. The van der Waals surface area contributed by atoms with Gasteiger partial charge in [0.15, 0.2) is 0 Å². The van der Waals surface area contributed by atoms with Gasteiger partial charge < -0.3 is 5.32 Å². The van der Waals surface area contributed by atoms with E-state index in [0.717, 1.165) is 45.1 Å². The Hall–Kier alpha value is -0.970. The minimum absolute atomic E-state index is 0.116. The molecule has 0 spiro atoms. The molecule has 1 saturated heterocycles. The summed E-state index contributed by atoms with van der Waals surface area (Å²) in [4.78, 5) is 11.8. The molecule has 0 radical (unpaired) electrons. The average molecular weight is 193 g/mol. The van der Waals surface area contributed by atoms with Crippen molar-refractivity contribution in [1.82, 2.24) is 5.32 Å². The minimum Gasteiger partial charge on any atom is -0.356 e. The fraction of sp³-hybridized carbons (Fsp3) is 0.750. The number of hydrogen-bond donors (Lipinski definition) is 1. The van der Waals surface area contributed by atoms with Crippen LogP contribution in [-0.2, 0) is 4.79 Å². The second-order valence-electron chi connectivity index (χ2n) is 4.05. The quantitative estimate of drug-likeness (QED) is 0.537. The van der Waals surface area contributed by atoms with Crippen molar-refractivity contribution in [2.45, 2.75) is 45.4 Å². The Morgan fingerprint density at radius 2 is 2.43 bits per heavy atom. The molecule has 2 heteroatoms. The van der Waals surface area contributed by atoms with Gasteiger partial charge in [0, 0.05) is 18.4 Å². The van der Waals surface area contributed by atoms with Crippen LogP contribution in [0.15, 0.2) is 0 Å². The fourth-order valence-corrected chi connectivity index (χ4v) is 2.21. The first-order chi connectivity index (χ1) is 6.75. The predicted molar refractivity (Wildman–Crippen MR) is 57.7 cm³/mol. The van der Waals surface area contributed by atoms with Crippen molar-refractivity contribution < 1.29 is 4.79 Å². The molecule has 1 aliphatic rings. The second-order valence-corrected chi connectivity index (χ2v) is 4.05. The summed E-state index contributed by atoms with van der Waals surface area (Å²) in [7, 11) is 0. The number of nitrogens with one attached hydrogen (secondary N) is 1. The molecule has 1 amide bonds. The van der Waals surface area contributed by atoms with Gasteiger partial charge in [-0.1, -0.05) is 6.92 Å². The molecule has 0 aliphatic carbocycles. The Balaban J connectivity index is 2.55. The molecule has 1 unspecified atom stereocenters. The standard InChI is InChI=1S/C12H19NO/c1-3-5-6-8-12(4-2)9-7-10-13-11(12)14/h1H,4-10H2,2H3,(H,13,14). The Kier molecular flexibility index (Phi) is 4.00. The topological polar surface area (TPSA) is 29.1 Å². The summed E-state index contributed by atoms with van der Waals surface area (Å²) < 4.78 is 0. The number of unbranched alkanes of at least 4 members (excludes halogenated alkanes) is 1. The van der Waals surface area contributed by atoms with Crippen LogP contribution in [0.4, 0.5) is 0 Å². The second kappa shape index (κ2) is 5.05. The number of amides is 1. The maximum Gasteiger partial charge on any atom is 0.226 e. The predicted octanol–water partition coefficient (Wildman–Crippen LogP) is 2.10. The number of piperidine rings is 1. The highest BCUT2D eigenvalue weighted by molar-refractivity contribution is 5.83. The van der Waals surface area contributed by atoms with E-state index in [1.165, 1.54) is 0 Å². The van der Waals surface area contributed by atoms with Gasteiger partial charge in [-0.3, -0.25) is 4.79 Å². The molecule has 0 bridgehead atoms. The van der Waals surface area contributed by atoms with Gasteiger partial charge >= 0.3 is 0 Å². The Bertz CT molecular complexity index is 241. The third-order valence-corrected chi connectivity index (χ3v) is 3.25. The van der Waals surface area contributed by atoms with Crippen LogP contribution in [-0.4, -0.2) is 12.5 Å². The average Bonchev–Trinajstić information content (AvgIpc) is 2.21. The van der Waals surface area contributed by atoms with Crippen molar-refractivity contribution in [1.29, 1.82) is 0 Å². The summed E-state index contributed by atoms with van der Waals surface area (Å²) in [6.07, 6.45) is 11.0. The van der Waals surface area contributed by atoms with Crippen LogP contribution >= 0.6 is 0 Å². The summed E-state index contributed by atoms with van der Waals surface area (Å²) in [6.45, 7) is 2.94. The van der Waals surface area contributed by atoms with Crippen molar-refractivity contribution >= 4 is 5.91 Å². The van der Waals surface area contributed by atoms with Crippen LogP contribution in [0, 0.1) is 17.8 Å². The molecule has 0 saturated carbocycles. The molecular weight excluding hydrogens is 174 g/mol.